The van der Waals surface area contributed by atoms with Gasteiger partial charge in [-0.15, -0.1) is 12.4 Å². The molecule has 1 amide bonds. The van der Waals surface area contributed by atoms with Gasteiger partial charge in [0.25, 0.3) is 5.91 Å². The Morgan fingerprint density at radius 2 is 1.69 bits per heavy atom. The number of thiazole rings is 1. The van der Waals surface area contributed by atoms with Gasteiger partial charge in [-0.2, -0.15) is 0 Å². The molecule has 0 saturated heterocycles. The highest BCUT2D eigenvalue weighted by Crippen LogP contribution is 2.32. The quantitative estimate of drug-likeness (QED) is 0.486. The van der Waals surface area contributed by atoms with Gasteiger partial charge in [-0.3, -0.25) is 9.69 Å². The van der Waals surface area contributed by atoms with E-state index in [2.05, 4.69) is 44.7 Å². The Morgan fingerprint density at radius 3 is 2.34 bits per heavy atom. The molecule has 0 bridgehead atoms. The number of rotatable bonds is 7. The maximum absolute atomic E-state index is 13.5. The summed E-state index contributed by atoms with van der Waals surface area (Å²) in [7, 11) is 0. The van der Waals surface area contributed by atoms with Gasteiger partial charge in [-0.1, -0.05) is 49.4 Å². The summed E-state index contributed by atoms with van der Waals surface area (Å²) >= 11 is 1.60. The first-order valence-electron chi connectivity index (χ1n) is 9.92. The van der Waals surface area contributed by atoms with Gasteiger partial charge in [-0.25, -0.2) is 4.98 Å². The van der Waals surface area contributed by atoms with Crippen molar-refractivity contribution in [3.8, 4) is 0 Å². The molecule has 6 heteroatoms. The maximum atomic E-state index is 13.5. The molecular weight excluding hydrogens is 402 g/mol. The molecule has 2 aromatic carbocycles. The van der Waals surface area contributed by atoms with Crippen LogP contribution in [0, 0.1) is 20.8 Å². The fourth-order valence-electron chi connectivity index (χ4n) is 3.50. The topological polar surface area (TPSA) is 36.4 Å². The number of hydrogen-bond acceptors (Lipinski definition) is 4. The van der Waals surface area contributed by atoms with E-state index in [0.29, 0.717) is 6.54 Å². The molecule has 0 aliphatic heterocycles. The van der Waals surface area contributed by atoms with Crippen LogP contribution < -0.4 is 4.90 Å². The van der Waals surface area contributed by atoms with Gasteiger partial charge < -0.3 is 4.90 Å². The highest BCUT2D eigenvalue weighted by molar-refractivity contribution is 7.22. The highest BCUT2D eigenvalue weighted by Gasteiger charge is 2.23. The molecule has 0 unspecified atom stereocenters. The van der Waals surface area contributed by atoms with Gasteiger partial charge in [0.2, 0.25) is 0 Å². The number of amides is 1. The first-order valence-corrected chi connectivity index (χ1v) is 10.7. The standard InChI is InChI=1S/C23H29N3OS.ClH/c1-6-25(7-2)12-13-26(22(27)19-11-9-8-10-17(19)4)23-24-21-18(5)14-16(3)15-20(21)28-23;/h8-11,14-15H,6-7,12-13H2,1-5H3;1H. The summed E-state index contributed by atoms with van der Waals surface area (Å²) in [6, 6.07) is 12.1. The van der Waals surface area contributed by atoms with E-state index in [1.165, 1.54) is 5.56 Å². The van der Waals surface area contributed by atoms with E-state index in [1.54, 1.807) is 11.3 Å². The minimum atomic E-state index is 0. The molecule has 0 fully saturated rings. The number of carbonyl (C=O) groups is 1. The Hall–Kier alpha value is -1.95. The van der Waals surface area contributed by atoms with Gasteiger partial charge >= 0.3 is 0 Å². The zero-order valence-electron chi connectivity index (χ0n) is 17.9. The zero-order valence-corrected chi connectivity index (χ0v) is 19.5. The number of aromatic nitrogens is 1. The normalized spacial score (nSPS) is 11.0. The van der Waals surface area contributed by atoms with Crippen LogP contribution in [0.2, 0.25) is 0 Å². The largest absolute Gasteiger partial charge is 0.302 e. The maximum Gasteiger partial charge on any atom is 0.260 e. The smallest absolute Gasteiger partial charge is 0.260 e. The number of aryl methyl sites for hydroxylation is 3. The van der Waals surface area contributed by atoms with Crippen LogP contribution in [0.3, 0.4) is 0 Å². The number of anilines is 1. The summed E-state index contributed by atoms with van der Waals surface area (Å²) in [5, 5.41) is 0.782. The lowest BCUT2D eigenvalue weighted by Gasteiger charge is -2.25. The van der Waals surface area contributed by atoms with E-state index in [4.69, 9.17) is 4.98 Å². The number of carbonyl (C=O) groups excluding carboxylic acids is 1. The van der Waals surface area contributed by atoms with Crippen LogP contribution >= 0.6 is 23.7 Å². The molecule has 1 aromatic heterocycles. The minimum absolute atomic E-state index is 0. The summed E-state index contributed by atoms with van der Waals surface area (Å²) in [6.07, 6.45) is 0. The summed E-state index contributed by atoms with van der Waals surface area (Å²) in [5.41, 5.74) is 5.11. The minimum Gasteiger partial charge on any atom is -0.302 e. The molecule has 4 nitrogen and oxygen atoms in total. The lowest BCUT2D eigenvalue weighted by Crippen LogP contribution is -2.39. The van der Waals surface area contributed by atoms with Crippen LogP contribution in [0.15, 0.2) is 36.4 Å². The second-order valence-corrected chi connectivity index (χ2v) is 8.23. The number of hydrogen-bond donors (Lipinski definition) is 0. The number of benzene rings is 2. The third-order valence-corrected chi connectivity index (χ3v) is 6.23. The van der Waals surface area contributed by atoms with E-state index >= 15 is 0 Å². The van der Waals surface area contributed by atoms with Crippen molar-refractivity contribution in [3.63, 3.8) is 0 Å². The van der Waals surface area contributed by atoms with Gasteiger partial charge in [0.05, 0.1) is 10.2 Å². The van der Waals surface area contributed by atoms with E-state index in [9.17, 15) is 4.79 Å². The molecule has 156 valence electrons. The van der Waals surface area contributed by atoms with Crippen molar-refractivity contribution < 1.29 is 4.79 Å². The van der Waals surface area contributed by atoms with Crippen molar-refractivity contribution in [2.24, 2.45) is 0 Å². The molecule has 3 rings (SSSR count). The van der Waals surface area contributed by atoms with Crippen LogP contribution in [0.4, 0.5) is 5.13 Å². The molecule has 0 radical (unpaired) electrons. The fraction of sp³-hybridized carbons (Fsp3) is 0.391. The Balaban J connectivity index is 0.00000300. The van der Waals surface area contributed by atoms with Crippen LogP contribution in [-0.2, 0) is 0 Å². The number of fused-ring (bicyclic) bond motifs is 1. The molecular formula is C23H30ClN3OS. The molecule has 0 aliphatic carbocycles. The number of halogens is 1. The Labute approximate surface area is 184 Å². The average molecular weight is 432 g/mol. The summed E-state index contributed by atoms with van der Waals surface area (Å²) in [6.45, 7) is 13.9. The summed E-state index contributed by atoms with van der Waals surface area (Å²) in [5.74, 6) is 0.0266. The Morgan fingerprint density at radius 1 is 1.00 bits per heavy atom. The molecule has 0 aliphatic rings. The summed E-state index contributed by atoms with van der Waals surface area (Å²) < 4.78 is 1.14. The van der Waals surface area contributed by atoms with Crippen molar-refractivity contribution >= 4 is 45.0 Å². The predicted octanol–water partition coefficient (Wildman–Crippen LogP) is 5.63. The lowest BCUT2D eigenvalue weighted by atomic mass is 10.1. The van der Waals surface area contributed by atoms with E-state index in [0.717, 1.165) is 51.7 Å². The monoisotopic (exact) mass is 431 g/mol. The van der Waals surface area contributed by atoms with Crippen LogP contribution in [0.5, 0.6) is 0 Å². The zero-order chi connectivity index (χ0) is 20.3. The molecule has 0 N–H and O–H groups in total. The first-order chi connectivity index (χ1) is 13.4. The molecule has 0 saturated carbocycles. The number of likely N-dealkylation sites (N-methyl/N-ethyl adjacent to an activating group) is 1. The van der Waals surface area contributed by atoms with Gasteiger partial charge in [0.15, 0.2) is 5.13 Å². The molecule has 0 atom stereocenters. The lowest BCUT2D eigenvalue weighted by molar-refractivity contribution is 0.0983. The van der Waals surface area contributed by atoms with Crippen molar-refractivity contribution in [1.82, 2.24) is 9.88 Å². The van der Waals surface area contributed by atoms with Gasteiger partial charge in [-0.05, 0) is 62.7 Å². The Bertz CT molecular complexity index is 981. The molecule has 3 aromatic rings. The van der Waals surface area contributed by atoms with Gasteiger partial charge in [0, 0.05) is 18.7 Å². The fourth-order valence-corrected chi connectivity index (χ4v) is 4.66. The summed E-state index contributed by atoms with van der Waals surface area (Å²) in [4.78, 5) is 22.5. The van der Waals surface area contributed by atoms with E-state index in [1.807, 2.05) is 36.1 Å². The van der Waals surface area contributed by atoms with Crippen LogP contribution in [-0.4, -0.2) is 42.0 Å². The van der Waals surface area contributed by atoms with Crippen molar-refractivity contribution in [1.29, 1.82) is 0 Å². The van der Waals surface area contributed by atoms with E-state index in [-0.39, 0.29) is 18.3 Å². The third kappa shape index (κ3) is 5.16. The predicted molar refractivity (Wildman–Crippen MR) is 127 cm³/mol. The second kappa shape index (κ2) is 10.2. The number of nitrogens with zero attached hydrogens (tertiary/aromatic N) is 3. The SMILES string of the molecule is CCN(CC)CCN(C(=O)c1ccccc1C)c1nc2c(C)cc(C)cc2s1.Cl. The molecule has 29 heavy (non-hydrogen) atoms. The first kappa shape index (κ1) is 23.3. The van der Waals surface area contributed by atoms with Crippen molar-refractivity contribution in [2.45, 2.75) is 34.6 Å². The Kier molecular flexibility index (Phi) is 8.20. The highest BCUT2D eigenvalue weighted by atomic mass is 35.5. The average Bonchev–Trinajstić information content (AvgIpc) is 3.09. The van der Waals surface area contributed by atoms with Crippen LogP contribution in [0.1, 0.15) is 40.9 Å². The van der Waals surface area contributed by atoms with Crippen LogP contribution in [0.25, 0.3) is 10.2 Å². The van der Waals surface area contributed by atoms with Crippen molar-refractivity contribution in [3.05, 3.63) is 58.7 Å². The molecule has 0 spiro atoms. The van der Waals surface area contributed by atoms with E-state index < -0.39 is 0 Å². The second-order valence-electron chi connectivity index (χ2n) is 7.22. The molecule has 1 heterocycles. The van der Waals surface area contributed by atoms with Crippen molar-refractivity contribution in [2.75, 3.05) is 31.1 Å². The van der Waals surface area contributed by atoms with Gasteiger partial charge in [0.1, 0.15) is 0 Å². The third-order valence-electron chi connectivity index (χ3n) is 5.20.